The summed E-state index contributed by atoms with van der Waals surface area (Å²) >= 11 is 1.78. The van der Waals surface area contributed by atoms with Crippen LogP contribution in [0.15, 0.2) is 29.3 Å². The molecule has 6 nitrogen and oxygen atoms in total. The van der Waals surface area contributed by atoms with E-state index in [1.807, 2.05) is 7.05 Å². The van der Waals surface area contributed by atoms with Crippen LogP contribution in [0.1, 0.15) is 40.6 Å². The van der Waals surface area contributed by atoms with Gasteiger partial charge in [0.25, 0.3) is 0 Å². The third-order valence-electron chi connectivity index (χ3n) is 5.38. The van der Waals surface area contributed by atoms with E-state index in [1.165, 1.54) is 21.0 Å². The number of ether oxygens (including phenoxy) is 1. The molecule has 3 rings (SSSR count). The largest absolute Gasteiger partial charge is 0.373 e. The summed E-state index contributed by atoms with van der Waals surface area (Å²) in [6.07, 6.45) is 1.48. The number of hydrogen-bond acceptors (Lipinski definition) is 5. The molecule has 1 aromatic carbocycles. The second-order valence-corrected chi connectivity index (χ2v) is 9.36. The van der Waals surface area contributed by atoms with Crippen LogP contribution in [-0.2, 0) is 24.2 Å². The molecular weight excluding hydrogens is 394 g/mol. The van der Waals surface area contributed by atoms with Crippen molar-refractivity contribution < 1.29 is 4.74 Å². The number of hydrogen-bond donors (Lipinski definition) is 2. The van der Waals surface area contributed by atoms with E-state index in [9.17, 15) is 0 Å². The van der Waals surface area contributed by atoms with Crippen molar-refractivity contribution in [1.29, 1.82) is 0 Å². The summed E-state index contributed by atoms with van der Waals surface area (Å²) in [4.78, 5) is 12.8. The first-order valence-electron chi connectivity index (χ1n) is 10.8. The number of guanidine groups is 1. The summed E-state index contributed by atoms with van der Waals surface area (Å²) in [7, 11) is 1.81. The Hall–Kier alpha value is -1.96. The van der Waals surface area contributed by atoms with Gasteiger partial charge in [0.1, 0.15) is 0 Å². The monoisotopic (exact) mass is 429 g/mol. The van der Waals surface area contributed by atoms with E-state index < -0.39 is 0 Å². The van der Waals surface area contributed by atoms with Gasteiger partial charge in [-0.1, -0.05) is 24.3 Å². The van der Waals surface area contributed by atoms with Gasteiger partial charge >= 0.3 is 0 Å². The van der Waals surface area contributed by atoms with Crippen LogP contribution in [-0.4, -0.2) is 54.7 Å². The number of rotatable bonds is 7. The molecule has 7 heteroatoms. The van der Waals surface area contributed by atoms with Crippen LogP contribution in [0.4, 0.5) is 0 Å². The van der Waals surface area contributed by atoms with Gasteiger partial charge in [-0.15, -0.1) is 11.3 Å². The fraction of sp³-hybridized carbons (Fsp3) is 0.565. The zero-order valence-corrected chi connectivity index (χ0v) is 19.7. The minimum Gasteiger partial charge on any atom is -0.373 e. The van der Waals surface area contributed by atoms with Crippen LogP contribution in [0.5, 0.6) is 0 Å². The highest BCUT2D eigenvalue weighted by Crippen LogP contribution is 2.17. The van der Waals surface area contributed by atoms with Crippen molar-refractivity contribution in [3.05, 3.63) is 51.0 Å². The third kappa shape index (κ3) is 6.52. The molecule has 1 aliphatic heterocycles. The molecule has 0 saturated carbocycles. The molecule has 0 amide bonds. The van der Waals surface area contributed by atoms with Gasteiger partial charge in [-0.3, -0.25) is 9.89 Å². The highest BCUT2D eigenvalue weighted by atomic mass is 32.1. The zero-order valence-electron chi connectivity index (χ0n) is 18.9. The molecule has 1 aromatic heterocycles. The predicted octanol–water partition coefficient (Wildman–Crippen LogP) is 3.28. The Kier molecular flexibility index (Phi) is 8.24. The van der Waals surface area contributed by atoms with E-state index in [2.05, 4.69) is 77.5 Å². The van der Waals surface area contributed by atoms with Gasteiger partial charge in [-0.2, -0.15) is 0 Å². The molecule has 30 heavy (non-hydrogen) atoms. The van der Waals surface area contributed by atoms with Crippen molar-refractivity contribution in [3.63, 3.8) is 0 Å². The number of aromatic nitrogens is 1. The maximum absolute atomic E-state index is 5.87. The van der Waals surface area contributed by atoms with Crippen molar-refractivity contribution in [2.45, 2.75) is 59.4 Å². The van der Waals surface area contributed by atoms with E-state index >= 15 is 0 Å². The minimum atomic E-state index is 0.285. The van der Waals surface area contributed by atoms with Crippen LogP contribution >= 0.6 is 11.3 Å². The lowest BCUT2D eigenvalue weighted by Crippen LogP contribution is -2.45. The number of aryl methyl sites for hydroxylation is 2. The topological polar surface area (TPSA) is 61.8 Å². The van der Waals surface area contributed by atoms with E-state index in [0.717, 1.165) is 50.8 Å². The Labute approximate surface area is 184 Å². The molecule has 1 aliphatic rings. The van der Waals surface area contributed by atoms with Crippen LogP contribution in [0.2, 0.25) is 0 Å². The summed E-state index contributed by atoms with van der Waals surface area (Å²) in [5.74, 6) is 0.823. The highest BCUT2D eigenvalue weighted by molar-refractivity contribution is 7.11. The van der Waals surface area contributed by atoms with E-state index in [-0.39, 0.29) is 12.2 Å². The first-order chi connectivity index (χ1) is 14.4. The van der Waals surface area contributed by atoms with Gasteiger partial charge in [0.05, 0.1) is 22.9 Å². The Morgan fingerprint density at radius 3 is 2.50 bits per heavy atom. The van der Waals surface area contributed by atoms with Gasteiger partial charge in [0, 0.05) is 51.1 Å². The molecule has 0 bridgehead atoms. The molecule has 164 valence electrons. The van der Waals surface area contributed by atoms with Gasteiger partial charge < -0.3 is 15.4 Å². The summed E-state index contributed by atoms with van der Waals surface area (Å²) in [6.45, 7) is 13.0. The standard InChI is InChI=1S/C23H35N5OS/c1-16-13-28(14-17(2)29-16)15-21-9-7-6-8-20(21)12-26-23(24-5)25-11-10-22-27-18(3)19(4)30-22/h6-9,16-17H,10-15H2,1-5H3,(H2,24,25,26). The second kappa shape index (κ2) is 10.9. The number of morpholine rings is 1. The molecule has 0 aliphatic carbocycles. The average Bonchev–Trinajstić information content (AvgIpc) is 3.02. The smallest absolute Gasteiger partial charge is 0.191 e. The fourth-order valence-electron chi connectivity index (χ4n) is 3.87. The lowest BCUT2D eigenvalue weighted by atomic mass is 10.1. The maximum atomic E-state index is 5.87. The molecule has 2 unspecified atom stereocenters. The molecule has 2 N–H and O–H groups in total. The van der Waals surface area contributed by atoms with Crippen molar-refractivity contribution in [2.75, 3.05) is 26.7 Å². The third-order valence-corrected chi connectivity index (χ3v) is 6.51. The fourth-order valence-corrected chi connectivity index (χ4v) is 4.81. The highest BCUT2D eigenvalue weighted by Gasteiger charge is 2.22. The van der Waals surface area contributed by atoms with Gasteiger partial charge in [0.2, 0.25) is 0 Å². The zero-order chi connectivity index (χ0) is 21.5. The van der Waals surface area contributed by atoms with Crippen molar-refractivity contribution in [2.24, 2.45) is 4.99 Å². The van der Waals surface area contributed by atoms with Crippen LogP contribution in [0.25, 0.3) is 0 Å². The summed E-state index contributed by atoms with van der Waals surface area (Å²) in [5.41, 5.74) is 3.80. The molecule has 2 heterocycles. The first kappa shape index (κ1) is 22.7. The van der Waals surface area contributed by atoms with E-state index in [4.69, 9.17) is 4.74 Å². The molecule has 1 saturated heterocycles. The average molecular weight is 430 g/mol. The van der Waals surface area contributed by atoms with Crippen LogP contribution < -0.4 is 10.6 Å². The van der Waals surface area contributed by atoms with Gasteiger partial charge in [0.15, 0.2) is 5.96 Å². The summed E-state index contributed by atoms with van der Waals surface area (Å²) in [5, 5.41) is 8.04. The van der Waals surface area contributed by atoms with Gasteiger partial charge in [-0.05, 0) is 38.8 Å². The van der Waals surface area contributed by atoms with Crippen molar-refractivity contribution in [3.8, 4) is 0 Å². The number of aliphatic imine (C=N–C) groups is 1. The minimum absolute atomic E-state index is 0.285. The van der Waals surface area contributed by atoms with Crippen molar-refractivity contribution in [1.82, 2.24) is 20.5 Å². The van der Waals surface area contributed by atoms with Crippen LogP contribution in [0.3, 0.4) is 0 Å². The molecule has 0 radical (unpaired) electrons. The van der Waals surface area contributed by atoms with Crippen molar-refractivity contribution >= 4 is 17.3 Å². The summed E-state index contributed by atoms with van der Waals surface area (Å²) < 4.78 is 5.87. The van der Waals surface area contributed by atoms with E-state index in [0.29, 0.717) is 0 Å². The Morgan fingerprint density at radius 1 is 1.17 bits per heavy atom. The molecular formula is C23H35N5OS. The molecule has 2 aromatic rings. The Bertz CT molecular complexity index is 820. The van der Waals surface area contributed by atoms with Gasteiger partial charge in [-0.25, -0.2) is 4.98 Å². The molecule has 2 atom stereocenters. The lowest BCUT2D eigenvalue weighted by molar-refractivity contribution is -0.0705. The first-order valence-corrected chi connectivity index (χ1v) is 11.6. The van der Waals surface area contributed by atoms with Crippen LogP contribution in [0, 0.1) is 13.8 Å². The number of nitrogens with one attached hydrogen (secondary N) is 2. The number of thiazole rings is 1. The lowest BCUT2D eigenvalue weighted by Gasteiger charge is -2.35. The Morgan fingerprint density at radius 2 is 1.87 bits per heavy atom. The molecule has 0 spiro atoms. The molecule has 1 fully saturated rings. The van der Waals surface area contributed by atoms with E-state index in [1.54, 1.807) is 11.3 Å². The maximum Gasteiger partial charge on any atom is 0.191 e. The second-order valence-electron chi connectivity index (χ2n) is 8.07. The number of benzene rings is 1. The Balaban J connectivity index is 1.51. The number of nitrogens with zero attached hydrogens (tertiary/aromatic N) is 3. The SMILES string of the molecule is CN=C(NCCc1nc(C)c(C)s1)NCc1ccccc1CN1CC(C)OC(C)C1. The quantitative estimate of drug-likeness (QED) is 0.522. The predicted molar refractivity (Wildman–Crippen MR) is 125 cm³/mol. The summed E-state index contributed by atoms with van der Waals surface area (Å²) in [6, 6.07) is 8.65. The normalized spacial score (nSPS) is 20.4.